The van der Waals surface area contributed by atoms with Gasteiger partial charge in [0.15, 0.2) is 0 Å². The van der Waals surface area contributed by atoms with Gasteiger partial charge in [0.1, 0.15) is 11.4 Å². The lowest BCUT2D eigenvalue weighted by atomic mass is 10.1. The maximum absolute atomic E-state index is 13.0. The summed E-state index contributed by atoms with van der Waals surface area (Å²) in [6.07, 6.45) is 0. The number of para-hydroxylation sites is 1. The predicted octanol–water partition coefficient (Wildman–Crippen LogP) is 4.13. The van der Waals surface area contributed by atoms with Crippen LogP contribution in [-0.2, 0) is 0 Å². The van der Waals surface area contributed by atoms with Crippen LogP contribution in [0.4, 0.5) is 5.69 Å². The summed E-state index contributed by atoms with van der Waals surface area (Å²) < 4.78 is 7.57. The molecule has 0 N–H and O–H groups in total. The van der Waals surface area contributed by atoms with Crippen LogP contribution >= 0.6 is 15.9 Å². The molecule has 26 heavy (non-hydrogen) atoms. The number of hydrogen-bond acceptors (Lipinski definition) is 4. The smallest absolute Gasteiger partial charge is 0.295 e. The minimum absolute atomic E-state index is 0.159. The Morgan fingerprint density at radius 3 is 2.62 bits per heavy atom. The fourth-order valence-corrected chi connectivity index (χ4v) is 3.09. The van der Waals surface area contributed by atoms with Crippen molar-refractivity contribution in [3.05, 3.63) is 69.4 Å². The Hall–Kier alpha value is -2.60. The molecule has 0 spiro atoms. The summed E-state index contributed by atoms with van der Waals surface area (Å²) >= 11 is 3.52. The van der Waals surface area contributed by atoms with Gasteiger partial charge in [0.25, 0.3) is 5.56 Å². The number of nitrogens with zero attached hydrogens (tertiary/aromatic N) is 3. The fourth-order valence-electron chi connectivity index (χ4n) is 2.64. The van der Waals surface area contributed by atoms with Crippen LogP contribution in [0.3, 0.4) is 0 Å². The first-order valence-corrected chi connectivity index (χ1v) is 9.09. The molecule has 1 aromatic heterocycles. The Balaban J connectivity index is 2.27. The molecule has 2 aromatic carbocycles. The summed E-state index contributed by atoms with van der Waals surface area (Å²) in [6.45, 7) is 2.72. The van der Waals surface area contributed by atoms with Crippen molar-refractivity contribution in [2.75, 3.05) is 25.6 Å². The second kappa shape index (κ2) is 7.74. The van der Waals surface area contributed by atoms with Gasteiger partial charge < -0.3 is 9.64 Å². The third kappa shape index (κ3) is 3.51. The number of ether oxygens (including phenoxy) is 1. The molecule has 0 bridgehead atoms. The van der Waals surface area contributed by atoms with Gasteiger partial charge in [-0.1, -0.05) is 24.3 Å². The average Bonchev–Trinajstić information content (AvgIpc) is 2.68. The molecular weight excluding hydrogens is 394 g/mol. The van der Waals surface area contributed by atoms with E-state index in [9.17, 15) is 4.79 Å². The van der Waals surface area contributed by atoms with Crippen molar-refractivity contribution in [1.29, 1.82) is 0 Å². The van der Waals surface area contributed by atoms with Gasteiger partial charge in [-0.05, 0) is 53.2 Å². The van der Waals surface area contributed by atoms with E-state index < -0.39 is 0 Å². The van der Waals surface area contributed by atoms with Gasteiger partial charge in [0, 0.05) is 23.6 Å². The van der Waals surface area contributed by atoms with E-state index >= 15 is 0 Å². The molecule has 0 atom stereocenters. The van der Waals surface area contributed by atoms with Crippen molar-refractivity contribution in [1.82, 2.24) is 9.78 Å². The quantitative estimate of drug-likeness (QED) is 0.630. The number of anilines is 1. The number of hydrogen-bond donors (Lipinski definition) is 0. The number of methoxy groups -OCH3 is 1. The van der Waals surface area contributed by atoms with Gasteiger partial charge >= 0.3 is 0 Å². The first kappa shape index (κ1) is 18.2. The zero-order valence-corrected chi connectivity index (χ0v) is 16.5. The molecule has 5 nitrogen and oxygen atoms in total. The van der Waals surface area contributed by atoms with E-state index in [1.165, 1.54) is 4.68 Å². The van der Waals surface area contributed by atoms with Gasteiger partial charge in [0.05, 0.1) is 18.5 Å². The molecule has 0 aliphatic rings. The largest absolute Gasteiger partial charge is 0.497 e. The summed E-state index contributed by atoms with van der Waals surface area (Å²) in [5.41, 5.74) is 2.72. The molecule has 1 heterocycles. The zero-order valence-electron chi connectivity index (χ0n) is 14.9. The summed E-state index contributed by atoms with van der Waals surface area (Å²) in [5, 5.41) is 4.62. The van der Waals surface area contributed by atoms with Gasteiger partial charge in [-0.2, -0.15) is 9.78 Å². The molecule has 0 amide bonds. The second-order valence-electron chi connectivity index (χ2n) is 5.83. The summed E-state index contributed by atoms with van der Waals surface area (Å²) in [4.78, 5) is 15.0. The maximum atomic E-state index is 13.0. The van der Waals surface area contributed by atoms with Crippen molar-refractivity contribution in [2.45, 2.75) is 6.92 Å². The standard InChI is InChI=1S/C20H20BrN3O2/c1-4-23(2)19-13-17(14-8-7-9-15(12-14)26-3)22-24(20(19)25)18-11-6-5-10-16(18)21/h5-13H,4H2,1-3H3. The Morgan fingerprint density at radius 1 is 1.15 bits per heavy atom. The lowest BCUT2D eigenvalue weighted by Gasteiger charge is -2.19. The third-order valence-corrected chi connectivity index (χ3v) is 4.89. The van der Waals surface area contributed by atoms with Crippen LogP contribution in [0.15, 0.2) is 63.9 Å². The topological polar surface area (TPSA) is 47.4 Å². The first-order chi connectivity index (χ1) is 12.5. The molecular formula is C20H20BrN3O2. The summed E-state index contributed by atoms with van der Waals surface area (Å²) in [6, 6.07) is 17.0. The Bertz CT molecular complexity index is 985. The fraction of sp³-hybridized carbons (Fsp3) is 0.200. The lowest BCUT2D eigenvalue weighted by Crippen LogP contribution is -2.30. The lowest BCUT2D eigenvalue weighted by molar-refractivity contribution is 0.415. The van der Waals surface area contributed by atoms with Crippen LogP contribution in [0.25, 0.3) is 16.9 Å². The number of benzene rings is 2. The monoisotopic (exact) mass is 413 g/mol. The van der Waals surface area contributed by atoms with Gasteiger partial charge in [-0.3, -0.25) is 4.79 Å². The molecule has 6 heteroatoms. The van der Waals surface area contributed by atoms with E-state index in [-0.39, 0.29) is 5.56 Å². The van der Waals surface area contributed by atoms with Gasteiger partial charge in [0.2, 0.25) is 0 Å². The van der Waals surface area contributed by atoms with E-state index in [0.29, 0.717) is 23.6 Å². The number of halogens is 1. The van der Waals surface area contributed by atoms with E-state index in [1.807, 2.05) is 73.5 Å². The molecule has 0 unspecified atom stereocenters. The molecule has 3 aromatic rings. The Labute approximate surface area is 161 Å². The van der Waals surface area contributed by atoms with Crippen molar-refractivity contribution in [3.63, 3.8) is 0 Å². The normalized spacial score (nSPS) is 10.6. The SMILES string of the molecule is CCN(C)c1cc(-c2cccc(OC)c2)nn(-c2ccccc2Br)c1=O. The Morgan fingerprint density at radius 2 is 1.92 bits per heavy atom. The first-order valence-electron chi connectivity index (χ1n) is 8.30. The summed E-state index contributed by atoms with van der Waals surface area (Å²) in [7, 11) is 3.53. The highest BCUT2D eigenvalue weighted by Gasteiger charge is 2.15. The average molecular weight is 414 g/mol. The van der Waals surface area contributed by atoms with Crippen molar-refractivity contribution in [2.24, 2.45) is 0 Å². The molecule has 0 saturated heterocycles. The van der Waals surface area contributed by atoms with Gasteiger partial charge in [-0.25, -0.2) is 0 Å². The second-order valence-corrected chi connectivity index (χ2v) is 6.68. The van der Waals surface area contributed by atoms with E-state index in [0.717, 1.165) is 15.8 Å². The molecule has 0 saturated carbocycles. The van der Waals surface area contributed by atoms with Crippen LogP contribution in [0.5, 0.6) is 5.75 Å². The minimum atomic E-state index is -0.159. The highest BCUT2D eigenvalue weighted by molar-refractivity contribution is 9.10. The van der Waals surface area contributed by atoms with Gasteiger partial charge in [-0.15, -0.1) is 0 Å². The van der Waals surface area contributed by atoms with Crippen LogP contribution in [0.2, 0.25) is 0 Å². The highest BCUT2D eigenvalue weighted by Crippen LogP contribution is 2.26. The minimum Gasteiger partial charge on any atom is -0.497 e. The molecule has 134 valence electrons. The molecule has 0 radical (unpaired) electrons. The zero-order chi connectivity index (χ0) is 18.7. The van der Waals surface area contributed by atoms with Crippen molar-refractivity contribution < 1.29 is 4.74 Å². The summed E-state index contributed by atoms with van der Waals surface area (Å²) in [5.74, 6) is 0.744. The van der Waals surface area contributed by atoms with Crippen molar-refractivity contribution >= 4 is 21.6 Å². The molecule has 0 aliphatic carbocycles. The highest BCUT2D eigenvalue weighted by atomic mass is 79.9. The third-order valence-electron chi connectivity index (χ3n) is 4.22. The van der Waals surface area contributed by atoms with E-state index in [1.54, 1.807) is 7.11 Å². The van der Waals surface area contributed by atoms with Crippen LogP contribution < -0.4 is 15.2 Å². The molecule has 0 aliphatic heterocycles. The molecule has 0 fully saturated rings. The van der Waals surface area contributed by atoms with Crippen LogP contribution in [0, 0.1) is 0 Å². The van der Waals surface area contributed by atoms with E-state index in [2.05, 4.69) is 21.0 Å². The number of aromatic nitrogens is 2. The van der Waals surface area contributed by atoms with Crippen LogP contribution in [0.1, 0.15) is 6.92 Å². The van der Waals surface area contributed by atoms with Crippen LogP contribution in [-0.4, -0.2) is 30.5 Å². The van der Waals surface area contributed by atoms with Crippen molar-refractivity contribution in [3.8, 4) is 22.7 Å². The maximum Gasteiger partial charge on any atom is 0.295 e. The Kier molecular flexibility index (Phi) is 5.42. The molecule has 3 rings (SSSR count). The number of rotatable bonds is 5. The van der Waals surface area contributed by atoms with E-state index in [4.69, 9.17) is 4.74 Å². The predicted molar refractivity (Wildman–Crippen MR) is 108 cm³/mol.